The Hall–Kier alpha value is -4.32. The van der Waals surface area contributed by atoms with Crippen LogP contribution in [0.4, 0.5) is 17.3 Å². The normalized spacial score (nSPS) is 18.1. The molecule has 4 aromatic heterocycles. The number of nitrogens with zero attached hydrogens (tertiary/aromatic N) is 9. The summed E-state index contributed by atoms with van der Waals surface area (Å²) < 4.78 is 28.2. The Bertz CT molecular complexity index is 1870. The van der Waals surface area contributed by atoms with Crippen molar-refractivity contribution in [3.8, 4) is 23.2 Å². The maximum atomic E-state index is 12.6. The van der Waals surface area contributed by atoms with Crippen LogP contribution in [0.5, 0.6) is 0 Å². The molecule has 2 saturated carbocycles. The molecule has 14 heteroatoms. The first-order chi connectivity index (χ1) is 21.6. The van der Waals surface area contributed by atoms with E-state index >= 15 is 0 Å². The van der Waals surface area contributed by atoms with Crippen LogP contribution < -0.4 is 10.2 Å². The van der Waals surface area contributed by atoms with Gasteiger partial charge < -0.3 is 20.2 Å². The first-order valence-electron chi connectivity index (χ1n) is 15.2. The molecule has 0 spiro atoms. The minimum Gasteiger partial charge on any atom is -0.388 e. The summed E-state index contributed by atoms with van der Waals surface area (Å²) >= 11 is 0. The van der Waals surface area contributed by atoms with Gasteiger partial charge >= 0.3 is 0 Å². The largest absolute Gasteiger partial charge is 0.388 e. The van der Waals surface area contributed by atoms with Gasteiger partial charge in [-0.05, 0) is 58.7 Å². The highest BCUT2D eigenvalue weighted by Crippen LogP contribution is 2.34. The van der Waals surface area contributed by atoms with Crippen LogP contribution in [0.2, 0.25) is 0 Å². The van der Waals surface area contributed by atoms with Crippen molar-refractivity contribution in [1.82, 2.24) is 38.8 Å². The van der Waals surface area contributed by atoms with E-state index in [4.69, 9.17) is 0 Å². The van der Waals surface area contributed by atoms with Crippen molar-refractivity contribution < 1.29 is 13.5 Å². The summed E-state index contributed by atoms with van der Waals surface area (Å²) in [6.07, 6.45) is 15.0. The third-order valence-corrected chi connectivity index (χ3v) is 10.4. The Morgan fingerprint density at radius 2 is 1.82 bits per heavy atom. The predicted molar refractivity (Wildman–Crippen MR) is 170 cm³/mol. The molecule has 45 heavy (non-hydrogen) atoms. The lowest BCUT2D eigenvalue weighted by molar-refractivity contribution is -0.00538. The van der Waals surface area contributed by atoms with E-state index in [-0.39, 0.29) is 5.25 Å². The molecule has 4 aromatic rings. The maximum absolute atomic E-state index is 12.6. The summed E-state index contributed by atoms with van der Waals surface area (Å²) in [5.74, 6) is 7.99. The zero-order chi connectivity index (χ0) is 31.2. The molecule has 1 saturated heterocycles. The van der Waals surface area contributed by atoms with Crippen molar-refractivity contribution in [3.63, 3.8) is 0 Å². The Balaban J connectivity index is 1.14. The molecule has 0 aromatic carbocycles. The number of piperidine rings is 1. The standard InChI is InChI=1S/C31H36N10O3S/c1-38(2)21-31(42)10-13-39(14-11-31)27-15-29(33-17-23(27)4-3-22-16-34-40(19-22)25-5-6-25)36-28-9-12-32-30(37-28)24-18-35-41(20-24)45(43,44)26-7-8-26/h9,12,15-20,25-26,42H,5-8,10-11,13-14,21H2,1-2H3,(H,32,33,36,37). The van der Waals surface area contributed by atoms with Gasteiger partial charge in [0.25, 0.3) is 10.0 Å². The van der Waals surface area contributed by atoms with Gasteiger partial charge in [-0.1, -0.05) is 11.8 Å². The highest BCUT2D eigenvalue weighted by atomic mass is 32.2. The van der Waals surface area contributed by atoms with Crippen LogP contribution in [0.1, 0.15) is 55.7 Å². The zero-order valence-corrected chi connectivity index (χ0v) is 26.2. The summed E-state index contributed by atoms with van der Waals surface area (Å²) in [6, 6.07) is 4.17. The molecule has 7 rings (SSSR count). The molecular formula is C31H36N10O3S. The molecule has 234 valence electrons. The molecule has 5 heterocycles. The Morgan fingerprint density at radius 1 is 1.02 bits per heavy atom. The van der Waals surface area contributed by atoms with Crippen LogP contribution in [0.15, 0.2) is 49.3 Å². The van der Waals surface area contributed by atoms with E-state index in [9.17, 15) is 13.5 Å². The second kappa shape index (κ2) is 11.6. The van der Waals surface area contributed by atoms with Crippen molar-refractivity contribution >= 4 is 27.3 Å². The number of likely N-dealkylation sites (N-methyl/N-ethyl adjacent to an activating group) is 1. The van der Waals surface area contributed by atoms with E-state index in [2.05, 4.69) is 47.2 Å². The maximum Gasteiger partial charge on any atom is 0.256 e. The van der Waals surface area contributed by atoms with Crippen LogP contribution in [-0.4, -0.2) is 96.9 Å². The Morgan fingerprint density at radius 3 is 2.56 bits per heavy atom. The molecule has 0 atom stereocenters. The Kier molecular flexibility index (Phi) is 7.55. The number of anilines is 3. The smallest absolute Gasteiger partial charge is 0.256 e. The number of aromatic nitrogens is 7. The molecule has 0 radical (unpaired) electrons. The van der Waals surface area contributed by atoms with Crippen molar-refractivity contribution in [1.29, 1.82) is 0 Å². The first kappa shape index (κ1) is 29.4. The number of rotatable bonds is 9. The SMILES string of the molecule is CN(C)CC1(O)CCN(c2cc(Nc3ccnc(-c4cnn(S(=O)(=O)C5CC5)c4)n3)ncc2C#Cc2cnn(C3CC3)c2)CC1. The molecule has 3 aliphatic rings. The van der Waals surface area contributed by atoms with E-state index in [1.165, 1.54) is 12.4 Å². The summed E-state index contributed by atoms with van der Waals surface area (Å²) in [7, 11) is 0.473. The molecule has 3 fully saturated rings. The van der Waals surface area contributed by atoms with Gasteiger partial charge in [-0.2, -0.15) is 14.3 Å². The van der Waals surface area contributed by atoms with Crippen molar-refractivity contribution in [2.24, 2.45) is 0 Å². The fourth-order valence-electron chi connectivity index (χ4n) is 5.64. The van der Waals surface area contributed by atoms with Gasteiger partial charge in [-0.3, -0.25) is 4.68 Å². The lowest BCUT2D eigenvalue weighted by Crippen LogP contribution is -2.49. The molecule has 2 N–H and O–H groups in total. The molecule has 0 bridgehead atoms. The highest BCUT2D eigenvalue weighted by molar-refractivity contribution is 7.90. The van der Waals surface area contributed by atoms with Crippen LogP contribution >= 0.6 is 0 Å². The van der Waals surface area contributed by atoms with Gasteiger partial charge in [0.2, 0.25) is 0 Å². The third kappa shape index (κ3) is 6.56. The van der Waals surface area contributed by atoms with Gasteiger partial charge in [-0.25, -0.2) is 23.4 Å². The van der Waals surface area contributed by atoms with Gasteiger partial charge in [0.15, 0.2) is 5.82 Å². The molecule has 0 amide bonds. The monoisotopic (exact) mass is 628 g/mol. The van der Waals surface area contributed by atoms with Gasteiger partial charge in [0.05, 0.1) is 57.9 Å². The van der Waals surface area contributed by atoms with Crippen LogP contribution in [0.25, 0.3) is 11.4 Å². The van der Waals surface area contributed by atoms with Crippen molar-refractivity contribution in [3.05, 3.63) is 60.4 Å². The van der Waals surface area contributed by atoms with E-state index in [1.807, 2.05) is 35.9 Å². The number of pyridine rings is 1. The first-order valence-corrected chi connectivity index (χ1v) is 16.7. The molecule has 0 unspecified atom stereocenters. The van der Waals surface area contributed by atoms with Crippen LogP contribution in [0.3, 0.4) is 0 Å². The average Bonchev–Trinajstić information content (AvgIpc) is 3.95. The molecule has 1 aliphatic heterocycles. The number of hydrogen-bond acceptors (Lipinski definition) is 11. The summed E-state index contributed by atoms with van der Waals surface area (Å²) in [4.78, 5) is 17.9. The summed E-state index contributed by atoms with van der Waals surface area (Å²) in [5.41, 5.74) is 2.33. The highest BCUT2D eigenvalue weighted by Gasteiger charge is 2.38. The predicted octanol–water partition coefficient (Wildman–Crippen LogP) is 2.64. The second-order valence-corrected chi connectivity index (χ2v) is 14.5. The van der Waals surface area contributed by atoms with Crippen molar-refractivity contribution in [2.75, 3.05) is 43.9 Å². The number of aliphatic hydroxyl groups is 1. The second-order valence-electron chi connectivity index (χ2n) is 12.5. The zero-order valence-electron chi connectivity index (χ0n) is 25.3. The summed E-state index contributed by atoms with van der Waals surface area (Å²) in [5, 5.41) is 22.6. The average molecular weight is 629 g/mol. The fraction of sp³-hybridized carbons (Fsp3) is 0.452. The molecular weight excluding hydrogens is 592 g/mol. The van der Waals surface area contributed by atoms with E-state index < -0.39 is 15.6 Å². The topological polar surface area (TPSA) is 147 Å². The van der Waals surface area contributed by atoms with Crippen LogP contribution in [-0.2, 0) is 10.0 Å². The van der Waals surface area contributed by atoms with Gasteiger partial charge in [0.1, 0.15) is 11.6 Å². The summed E-state index contributed by atoms with van der Waals surface area (Å²) in [6.45, 7) is 1.96. The minimum atomic E-state index is -3.48. The minimum absolute atomic E-state index is 0.350. The molecule has 13 nitrogen and oxygen atoms in total. The lowest BCUT2D eigenvalue weighted by Gasteiger charge is -2.40. The number of hydrogen-bond donors (Lipinski definition) is 2. The third-order valence-electron chi connectivity index (χ3n) is 8.33. The van der Waals surface area contributed by atoms with E-state index in [0.717, 1.165) is 33.7 Å². The van der Waals surface area contributed by atoms with Gasteiger partial charge in [0, 0.05) is 44.3 Å². The van der Waals surface area contributed by atoms with E-state index in [0.29, 0.717) is 74.4 Å². The van der Waals surface area contributed by atoms with Gasteiger partial charge in [-0.15, -0.1) is 0 Å². The number of nitrogens with one attached hydrogen (secondary N) is 1. The lowest BCUT2D eigenvalue weighted by atomic mass is 9.90. The van der Waals surface area contributed by atoms with Crippen molar-refractivity contribution in [2.45, 2.75) is 55.4 Å². The van der Waals surface area contributed by atoms with Crippen LogP contribution in [0, 0.1) is 11.8 Å². The fourth-order valence-corrected chi connectivity index (χ4v) is 7.12. The Labute approximate surface area is 262 Å². The van der Waals surface area contributed by atoms with E-state index in [1.54, 1.807) is 24.7 Å². The quantitative estimate of drug-likeness (QED) is 0.264. The molecule has 2 aliphatic carbocycles.